The highest BCUT2D eigenvalue weighted by Crippen LogP contribution is 2.58. The summed E-state index contributed by atoms with van der Waals surface area (Å²) in [5, 5.41) is 0. The summed E-state index contributed by atoms with van der Waals surface area (Å²) < 4.78 is 36.2. The van der Waals surface area contributed by atoms with Gasteiger partial charge in [-0.15, -0.1) is 0 Å². The average molecular weight is 381 g/mol. The van der Waals surface area contributed by atoms with Gasteiger partial charge in [-0.05, 0) is 67.9 Å². The first-order chi connectivity index (χ1) is 12.3. The van der Waals surface area contributed by atoms with Crippen LogP contribution < -0.4 is 0 Å². The summed E-state index contributed by atoms with van der Waals surface area (Å²) in [4.78, 5) is 0.239. The molecule has 5 atom stereocenters. The Balaban J connectivity index is 1.66. The molecule has 2 unspecified atom stereocenters. The molecule has 0 spiro atoms. The second kappa shape index (κ2) is 7.61. The first-order valence-corrected chi connectivity index (χ1v) is 11.2. The van der Waals surface area contributed by atoms with Crippen LogP contribution in [0.15, 0.2) is 29.2 Å². The maximum absolute atomic E-state index is 12.5. The lowest BCUT2D eigenvalue weighted by atomic mass is 9.62. The number of aryl methyl sites for hydroxylation is 1. The van der Waals surface area contributed by atoms with Crippen LogP contribution in [0.25, 0.3) is 0 Å². The normalized spacial score (nSPS) is 33.0. The molecule has 26 heavy (non-hydrogen) atoms. The van der Waals surface area contributed by atoms with Crippen LogP contribution in [0.3, 0.4) is 0 Å². The van der Waals surface area contributed by atoms with Gasteiger partial charge >= 0.3 is 0 Å². The van der Waals surface area contributed by atoms with Gasteiger partial charge < -0.3 is 4.74 Å². The van der Waals surface area contributed by atoms with Crippen LogP contribution in [-0.2, 0) is 19.0 Å². The van der Waals surface area contributed by atoms with E-state index in [2.05, 4.69) is 13.8 Å². The molecule has 5 heteroatoms. The highest BCUT2D eigenvalue weighted by molar-refractivity contribution is 7.86. The molecule has 2 aliphatic rings. The van der Waals surface area contributed by atoms with Crippen molar-refractivity contribution >= 4 is 10.1 Å². The maximum atomic E-state index is 12.5. The van der Waals surface area contributed by atoms with Crippen LogP contribution in [0, 0.1) is 30.1 Å². The molecular formula is C21H32O4S. The van der Waals surface area contributed by atoms with Crippen molar-refractivity contribution in [3.8, 4) is 0 Å². The van der Waals surface area contributed by atoms with E-state index >= 15 is 0 Å². The number of hydrogen-bond donors (Lipinski definition) is 0. The van der Waals surface area contributed by atoms with E-state index in [1.165, 1.54) is 19.3 Å². The Morgan fingerprint density at radius 3 is 2.54 bits per heavy atom. The van der Waals surface area contributed by atoms with E-state index in [0.717, 1.165) is 18.4 Å². The molecule has 3 rings (SSSR count). The smallest absolute Gasteiger partial charge is 0.296 e. The number of benzene rings is 1. The van der Waals surface area contributed by atoms with Crippen molar-refractivity contribution in [1.29, 1.82) is 0 Å². The monoisotopic (exact) mass is 380 g/mol. The SMILES string of the molecule is CO[C@H]1CCC[C@]2(C)C([C@H](C)COS(=O)(=O)c3ccc(C)cc3)CCC12. The van der Waals surface area contributed by atoms with Crippen molar-refractivity contribution < 1.29 is 17.3 Å². The summed E-state index contributed by atoms with van der Waals surface area (Å²) in [6.45, 7) is 6.71. The summed E-state index contributed by atoms with van der Waals surface area (Å²) >= 11 is 0. The van der Waals surface area contributed by atoms with E-state index in [9.17, 15) is 8.42 Å². The third kappa shape index (κ3) is 3.71. The molecule has 0 aliphatic heterocycles. The molecule has 0 saturated heterocycles. The minimum absolute atomic E-state index is 0.209. The predicted molar refractivity (Wildman–Crippen MR) is 102 cm³/mol. The lowest BCUT2D eigenvalue weighted by Crippen LogP contribution is -2.42. The molecule has 0 radical (unpaired) electrons. The molecule has 0 N–H and O–H groups in total. The predicted octanol–water partition coefficient (Wildman–Crippen LogP) is 4.57. The van der Waals surface area contributed by atoms with Crippen LogP contribution in [0.4, 0.5) is 0 Å². The Kier molecular flexibility index (Phi) is 5.80. The van der Waals surface area contributed by atoms with E-state index < -0.39 is 10.1 Å². The van der Waals surface area contributed by atoms with Crippen molar-refractivity contribution in [2.24, 2.45) is 23.2 Å². The van der Waals surface area contributed by atoms with E-state index in [-0.39, 0.29) is 22.8 Å². The Bertz CT molecular complexity index is 712. The van der Waals surface area contributed by atoms with Gasteiger partial charge in [-0.3, -0.25) is 4.18 Å². The van der Waals surface area contributed by atoms with Crippen molar-refractivity contribution in [2.45, 2.75) is 63.9 Å². The third-order valence-corrected chi connectivity index (χ3v) is 8.22. The Morgan fingerprint density at radius 2 is 1.88 bits per heavy atom. The molecule has 2 fully saturated rings. The number of ether oxygens (including phenoxy) is 1. The van der Waals surface area contributed by atoms with Gasteiger partial charge in [0.1, 0.15) is 0 Å². The van der Waals surface area contributed by atoms with E-state index in [0.29, 0.717) is 17.9 Å². The first-order valence-electron chi connectivity index (χ1n) is 9.77. The molecule has 1 aromatic rings. The van der Waals surface area contributed by atoms with Crippen LogP contribution >= 0.6 is 0 Å². The molecule has 0 amide bonds. The number of hydrogen-bond acceptors (Lipinski definition) is 4. The van der Waals surface area contributed by atoms with Crippen LogP contribution in [0.5, 0.6) is 0 Å². The molecule has 2 saturated carbocycles. The van der Waals surface area contributed by atoms with Crippen LogP contribution in [0.1, 0.15) is 51.5 Å². The van der Waals surface area contributed by atoms with Crippen LogP contribution in [-0.4, -0.2) is 28.2 Å². The Morgan fingerprint density at radius 1 is 1.19 bits per heavy atom. The minimum atomic E-state index is -3.69. The van der Waals surface area contributed by atoms with Gasteiger partial charge in [0.25, 0.3) is 10.1 Å². The molecule has 0 aromatic heterocycles. The number of fused-ring (bicyclic) bond motifs is 1. The van der Waals surface area contributed by atoms with Crippen molar-refractivity contribution in [2.75, 3.05) is 13.7 Å². The van der Waals surface area contributed by atoms with Gasteiger partial charge in [0.2, 0.25) is 0 Å². The fourth-order valence-electron chi connectivity index (χ4n) is 5.46. The van der Waals surface area contributed by atoms with E-state index in [1.54, 1.807) is 24.3 Å². The minimum Gasteiger partial charge on any atom is -0.381 e. The van der Waals surface area contributed by atoms with Gasteiger partial charge in [0.15, 0.2) is 0 Å². The van der Waals surface area contributed by atoms with Gasteiger partial charge in [0, 0.05) is 7.11 Å². The average Bonchev–Trinajstić information content (AvgIpc) is 2.97. The number of rotatable bonds is 6. The van der Waals surface area contributed by atoms with Gasteiger partial charge in [0.05, 0.1) is 17.6 Å². The molecule has 0 bridgehead atoms. The quantitative estimate of drug-likeness (QED) is 0.679. The molecule has 146 valence electrons. The third-order valence-electron chi connectivity index (χ3n) is 6.92. The Hall–Kier alpha value is -0.910. The van der Waals surface area contributed by atoms with Gasteiger partial charge in [-0.2, -0.15) is 8.42 Å². The largest absolute Gasteiger partial charge is 0.381 e. The fourth-order valence-corrected chi connectivity index (χ4v) is 6.46. The van der Waals surface area contributed by atoms with Gasteiger partial charge in [-0.25, -0.2) is 0 Å². The zero-order chi connectivity index (χ0) is 18.9. The molecule has 0 heterocycles. The van der Waals surface area contributed by atoms with Crippen molar-refractivity contribution in [3.05, 3.63) is 29.8 Å². The topological polar surface area (TPSA) is 52.6 Å². The lowest BCUT2D eigenvalue weighted by molar-refractivity contribution is -0.0522. The van der Waals surface area contributed by atoms with Gasteiger partial charge in [-0.1, -0.05) is 38.0 Å². The zero-order valence-electron chi connectivity index (χ0n) is 16.4. The van der Waals surface area contributed by atoms with E-state index in [1.807, 2.05) is 14.0 Å². The summed E-state index contributed by atoms with van der Waals surface area (Å²) in [5.74, 6) is 1.28. The van der Waals surface area contributed by atoms with Crippen molar-refractivity contribution in [3.63, 3.8) is 0 Å². The molecular weight excluding hydrogens is 348 g/mol. The molecule has 1 aromatic carbocycles. The Labute approximate surface area is 158 Å². The molecule has 2 aliphatic carbocycles. The van der Waals surface area contributed by atoms with Crippen molar-refractivity contribution in [1.82, 2.24) is 0 Å². The number of methoxy groups -OCH3 is 1. The zero-order valence-corrected chi connectivity index (χ0v) is 17.2. The second-order valence-electron chi connectivity index (χ2n) is 8.49. The summed E-state index contributed by atoms with van der Waals surface area (Å²) in [7, 11) is -1.87. The van der Waals surface area contributed by atoms with E-state index in [4.69, 9.17) is 8.92 Å². The highest BCUT2D eigenvalue weighted by Gasteiger charge is 2.52. The highest BCUT2D eigenvalue weighted by atomic mass is 32.2. The fraction of sp³-hybridized carbons (Fsp3) is 0.714. The first kappa shape index (κ1) is 19.8. The molecule has 4 nitrogen and oxygen atoms in total. The summed E-state index contributed by atoms with van der Waals surface area (Å²) in [5.41, 5.74) is 1.27. The second-order valence-corrected chi connectivity index (χ2v) is 10.1. The van der Waals surface area contributed by atoms with Crippen LogP contribution in [0.2, 0.25) is 0 Å². The summed E-state index contributed by atoms with van der Waals surface area (Å²) in [6.07, 6.45) is 6.21. The maximum Gasteiger partial charge on any atom is 0.296 e. The lowest BCUT2D eigenvalue weighted by Gasteiger charge is -2.46. The standard InChI is InChI=1S/C21H32O4S/c1-15-7-9-17(10-8-15)26(22,23)25-14-16(2)18-11-12-19-20(24-4)6-5-13-21(18,19)3/h7-10,16,18-20H,5-6,11-14H2,1-4H3/t16-,18?,19?,20+,21-/m1/s1. The summed E-state index contributed by atoms with van der Waals surface area (Å²) in [6, 6.07) is 6.84.